The molecule has 2 aromatic carbocycles. The zero-order chi connectivity index (χ0) is 36.7. The first-order valence-electron chi connectivity index (χ1n) is 18.5. The number of nitrogens with one attached hydrogen (secondary N) is 3. The highest BCUT2D eigenvalue weighted by Gasteiger charge is 2.31. The van der Waals surface area contributed by atoms with Crippen molar-refractivity contribution in [3.8, 4) is 5.75 Å². The van der Waals surface area contributed by atoms with Crippen LogP contribution in [0.4, 0.5) is 4.39 Å². The molecule has 48 heavy (non-hydrogen) atoms. The van der Waals surface area contributed by atoms with Crippen LogP contribution in [-0.2, 0) is 16.0 Å². The van der Waals surface area contributed by atoms with E-state index in [1.54, 1.807) is 19.1 Å². The number of halogens is 1. The van der Waals surface area contributed by atoms with E-state index >= 15 is 0 Å². The molecule has 0 saturated heterocycles. The van der Waals surface area contributed by atoms with Crippen molar-refractivity contribution in [3.05, 3.63) is 77.1 Å². The van der Waals surface area contributed by atoms with Gasteiger partial charge in [0.05, 0.1) is 6.54 Å². The second kappa shape index (κ2) is 31.1. The van der Waals surface area contributed by atoms with Gasteiger partial charge in [0.25, 0.3) is 0 Å². The molecule has 1 unspecified atom stereocenters. The molecule has 6 nitrogen and oxygen atoms in total. The van der Waals surface area contributed by atoms with E-state index in [4.69, 9.17) is 4.74 Å². The fourth-order valence-corrected chi connectivity index (χ4v) is 4.45. The van der Waals surface area contributed by atoms with Gasteiger partial charge >= 0.3 is 0 Å². The molecule has 0 spiro atoms. The Morgan fingerprint density at radius 2 is 1.54 bits per heavy atom. The Morgan fingerprint density at radius 1 is 0.938 bits per heavy atom. The fraction of sp³-hybridized carbons (Fsp3) is 0.610. The number of rotatable bonds is 16. The van der Waals surface area contributed by atoms with E-state index in [2.05, 4.69) is 62.7 Å². The number of amides is 2. The molecule has 1 fully saturated rings. The lowest BCUT2D eigenvalue weighted by atomic mass is 10.0. The van der Waals surface area contributed by atoms with Crippen molar-refractivity contribution in [2.75, 3.05) is 26.2 Å². The first-order chi connectivity index (χ1) is 23.1. The van der Waals surface area contributed by atoms with Crippen LogP contribution in [-0.4, -0.2) is 44.1 Å². The molecule has 1 saturated carbocycles. The van der Waals surface area contributed by atoms with Crippen LogP contribution >= 0.6 is 0 Å². The van der Waals surface area contributed by atoms with Crippen LogP contribution in [0.1, 0.15) is 119 Å². The topological polar surface area (TPSA) is 79.5 Å². The molecule has 2 aromatic rings. The first-order valence-corrected chi connectivity index (χ1v) is 18.5. The van der Waals surface area contributed by atoms with Crippen LogP contribution in [0, 0.1) is 24.6 Å². The summed E-state index contributed by atoms with van der Waals surface area (Å²) in [4.78, 5) is 23.2. The SMILES string of the molecule is CC.CC.CCC.CCC/C=C(\C)C(NCCOc1ccccc1C[C@@H](C)CNC(=O)CNC(=O)CC)C1CC1.Cc1ccc(F)cc1. The van der Waals surface area contributed by atoms with Gasteiger partial charge < -0.3 is 20.7 Å². The molecular formula is C41H70FN3O3. The minimum absolute atomic E-state index is 0.0288. The van der Waals surface area contributed by atoms with Crippen molar-refractivity contribution >= 4 is 11.8 Å². The van der Waals surface area contributed by atoms with Crippen LogP contribution in [0.3, 0.4) is 0 Å². The third-order valence-corrected chi connectivity index (χ3v) is 7.03. The molecular weight excluding hydrogens is 601 g/mol. The third-order valence-electron chi connectivity index (χ3n) is 7.03. The summed E-state index contributed by atoms with van der Waals surface area (Å²) in [7, 11) is 0. The summed E-state index contributed by atoms with van der Waals surface area (Å²) in [6.45, 7) is 24.6. The molecule has 2 atom stereocenters. The summed E-state index contributed by atoms with van der Waals surface area (Å²) in [5.41, 5.74) is 3.70. The second-order valence-corrected chi connectivity index (χ2v) is 11.7. The van der Waals surface area contributed by atoms with E-state index < -0.39 is 0 Å². The number of hydrogen-bond acceptors (Lipinski definition) is 4. The molecule has 0 heterocycles. The van der Waals surface area contributed by atoms with Gasteiger partial charge in [0.1, 0.15) is 18.2 Å². The number of unbranched alkanes of at least 4 members (excludes halogenated alkanes) is 1. The first kappa shape index (κ1) is 46.9. The van der Waals surface area contributed by atoms with Crippen molar-refractivity contribution in [2.24, 2.45) is 11.8 Å². The number of ether oxygens (including phenoxy) is 1. The lowest BCUT2D eigenvalue weighted by Crippen LogP contribution is -2.38. The van der Waals surface area contributed by atoms with Crippen LogP contribution in [0.2, 0.25) is 0 Å². The standard InChI is InChI=1S/C27H43N3O3.C7H7F.C3H8.2C2H6/c1-5-7-10-21(4)27(22-13-14-22)28-15-16-33-24-12-9-8-11-23(24)17-20(3)18-29-26(32)19-30-25(31)6-2;1-6-2-4-7(8)5-3-6;1-3-2;2*1-2/h8-12,20,22,27-28H,5-7,13-19H2,1-4H3,(H,29,32)(H,30,31);2-5H,1H3;3H2,1-2H3;2*1-2H3/b21-10+;;;;/t20-,27?;;;;/m1..../s1. The Hall–Kier alpha value is -3.19. The maximum absolute atomic E-state index is 12.1. The number of hydrogen-bond donors (Lipinski definition) is 3. The lowest BCUT2D eigenvalue weighted by Gasteiger charge is -2.20. The fourth-order valence-electron chi connectivity index (χ4n) is 4.45. The molecule has 0 aromatic heterocycles. The Balaban J connectivity index is 0. The summed E-state index contributed by atoms with van der Waals surface area (Å²) in [5.74, 6) is 1.49. The zero-order valence-corrected chi connectivity index (χ0v) is 32.3. The van der Waals surface area contributed by atoms with Gasteiger partial charge in [0, 0.05) is 25.6 Å². The van der Waals surface area contributed by atoms with Crippen molar-refractivity contribution in [3.63, 3.8) is 0 Å². The van der Waals surface area contributed by atoms with E-state index in [1.807, 2.05) is 52.8 Å². The highest BCUT2D eigenvalue weighted by molar-refractivity contribution is 5.84. The van der Waals surface area contributed by atoms with E-state index in [-0.39, 0.29) is 30.1 Å². The maximum atomic E-state index is 12.1. The van der Waals surface area contributed by atoms with E-state index in [0.29, 0.717) is 25.6 Å². The predicted molar refractivity (Wildman–Crippen MR) is 204 cm³/mol. The van der Waals surface area contributed by atoms with E-state index in [1.165, 1.54) is 43.4 Å². The molecule has 0 radical (unpaired) electrons. The summed E-state index contributed by atoms with van der Waals surface area (Å²) in [6.07, 6.45) is 9.79. The number of carbonyl (C=O) groups is 2. The molecule has 2 amide bonds. The van der Waals surface area contributed by atoms with E-state index in [0.717, 1.165) is 42.2 Å². The van der Waals surface area contributed by atoms with Gasteiger partial charge in [-0.1, -0.05) is 123 Å². The summed E-state index contributed by atoms with van der Waals surface area (Å²) in [6, 6.07) is 15.0. The average Bonchev–Trinajstić information content (AvgIpc) is 3.95. The van der Waals surface area contributed by atoms with Gasteiger partial charge in [0.2, 0.25) is 11.8 Å². The Labute approximate surface area is 294 Å². The van der Waals surface area contributed by atoms with Gasteiger partial charge in [0.15, 0.2) is 0 Å². The normalized spacial score (nSPS) is 12.9. The molecule has 0 aliphatic heterocycles. The summed E-state index contributed by atoms with van der Waals surface area (Å²) >= 11 is 0. The molecule has 3 N–H and O–H groups in total. The van der Waals surface area contributed by atoms with Gasteiger partial charge in [-0.05, 0) is 75.1 Å². The predicted octanol–water partition coefficient (Wildman–Crippen LogP) is 9.60. The Kier molecular flexibility index (Phi) is 30.4. The Morgan fingerprint density at radius 3 is 2.08 bits per heavy atom. The summed E-state index contributed by atoms with van der Waals surface area (Å²) < 4.78 is 18.2. The zero-order valence-electron chi connectivity index (χ0n) is 32.3. The minimum atomic E-state index is -0.171. The highest BCUT2D eigenvalue weighted by Crippen LogP contribution is 2.35. The van der Waals surface area contributed by atoms with Crippen LogP contribution in [0.15, 0.2) is 60.2 Å². The number of para-hydroxylation sites is 1. The molecule has 3 rings (SSSR count). The molecule has 0 bridgehead atoms. The number of aryl methyl sites for hydroxylation is 1. The van der Waals surface area contributed by atoms with Crippen molar-refractivity contribution < 1.29 is 18.7 Å². The van der Waals surface area contributed by atoms with Crippen molar-refractivity contribution in [1.82, 2.24) is 16.0 Å². The highest BCUT2D eigenvalue weighted by atomic mass is 19.1. The van der Waals surface area contributed by atoms with Crippen LogP contribution in [0.25, 0.3) is 0 Å². The van der Waals surface area contributed by atoms with Gasteiger partial charge in [-0.2, -0.15) is 0 Å². The van der Waals surface area contributed by atoms with Gasteiger partial charge in [-0.3, -0.25) is 9.59 Å². The minimum Gasteiger partial charge on any atom is -0.492 e. The molecule has 1 aliphatic carbocycles. The van der Waals surface area contributed by atoms with Crippen molar-refractivity contribution in [1.29, 1.82) is 0 Å². The smallest absolute Gasteiger partial charge is 0.239 e. The maximum Gasteiger partial charge on any atom is 0.239 e. The van der Waals surface area contributed by atoms with Crippen molar-refractivity contribution in [2.45, 2.75) is 127 Å². The van der Waals surface area contributed by atoms with Crippen LogP contribution < -0.4 is 20.7 Å². The average molecular weight is 672 g/mol. The largest absolute Gasteiger partial charge is 0.492 e. The van der Waals surface area contributed by atoms with Gasteiger partial charge in [-0.15, -0.1) is 0 Å². The molecule has 1 aliphatic rings. The Bertz CT molecular complexity index is 1080. The quantitative estimate of drug-likeness (QED) is 0.123. The number of allylic oxidation sites excluding steroid dienone is 1. The molecule has 274 valence electrons. The number of benzene rings is 2. The van der Waals surface area contributed by atoms with Gasteiger partial charge in [-0.25, -0.2) is 4.39 Å². The lowest BCUT2D eigenvalue weighted by molar-refractivity contribution is -0.126. The monoisotopic (exact) mass is 672 g/mol. The molecule has 7 heteroatoms. The second-order valence-electron chi connectivity index (χ2n) is 11.7. The summed E-state index contributed by atoms with van der Waals surface area (Å²) in [5, 5.41) is 9.20. The van der Waals surface area contributed by atoms with E-state index in [9.17, 15) is 14.0 Å². The number of carbonyl (C=O) groups excluding carboxylic acids is 2. The third kappa shape index (κ3) is 24.0. The van der Waals surface area contributed by atoms with Crippen LogP contribution in [0.5, 0.6) is 5.75 Å².